The zero-order valence-corrected chi connectivity index (χ0v) is 11.5. The van der Waals surface area contributed by atoms with E-state index in [-0.39, 0.29) is 11.3 Å². The highest BCUT2D eigenvalue weighted by Crippen LogP contribution is 2.22. The van der Waals surface area contributed by atoms with Crippen molar-refractivity contribution in [2.75, 3.05) is 5.32 Å². The van der Waals surface area contributed by atoms with E-state index < -0.39 is 4.92 Å². The number of pyridine rings is 1. The van der Waals surface area contributed by atoms with E-state index >= 15 is 0 Å². The summed E-state index contributed by atoms with van der Waals surface area (Å²) in [5.74, 6) is 0. The lowest BCUT2D eigenvalue weighted by molar-refractivity contribution is -0.384. The zero-order valence-electron chi connectivity index (χ0n) is 11.5. The first-order chi connectivity index (χ1) is 10.2. The second-order valence-electron chi connectivity index (χ2n) is 4.42. The lowest BCUT2D eigenvalue weighted by atomic mass is 10.1. The van der Waals surface area contributed by atoms with Crippen molar-refractivity contribution in [1.82, 2.24) is 4.98 Å². The molecule has 1 heterocycles. The summed E-state index contributed by atoms with van der Waals surface area (Å²) >= 11 is 0. The fourth-order valence-corrected chi connectivity index (χ4v) is 2.02. The van der Waals surface area contributed by atoms with E-state index in [0.717, 1.165) is 17.7 Å². The van der Waals surface area contributed by atoms with E-state index in [2.05, 4.69) is 10.3 Å². The molecule has 1 N–H and O–H groups in total. The van der Waals surface area contributed by atoms with Crippen LogP contribution in [-0.4, -0.2) is 9.91 Å². The number of nitro benzene ring substituents is 1. The molecule has 106 valence electrons. The molecule has 6 nitrogen and oxygen atoms in total. The van der Waals surface area contributed by atoms with E-state index in [1.165, 1.54) is 12.1 Å². The Bertz CT molecular complexity index is 707. The number of nitrogens with one attached hydrogen (secondary N) is 1. The van der Waals surface area contributed by atoms with Crippen LogP contribution >= 0.6 is 0 Å². The summed E-state index contributed by atoms with van der Waals surface area (Å²) in [4.78, 5) is 14.5. The molecule has 0 saturated carbocycles. The third-order valence-electron chi connectivity index (χ3n) is 3.15. The van der Waals surface area contributed by atoms with Crippen LogP contribution in [0.4, 0.5) is 11.4 Å². The molecule has 21 heavy (non-hydrogen) atoms. The summed E-state index contributed by atoms with van der Waals surface area (Å²) in [6.45, 7) is 2.52. The van der Waals surface area contributed by atoms with Crippen molar-refractivity contribution >= 4 is 11.4 Å². The first-order valence-electron chi connectivity index (χ1n) is 6.51. The van der Waals surface area contributed by atoms with E-state index in [1.807, 2.05) is 25.1 Å². The summed E-state index contributed by atoms with van der Waals surface area (Å²) in [5.41, 5.74) is 2.76. The number of rotatable bonds is 5. The molecule has 1 aromatic heterocycles. The van der Waals surface area contributed by atoms with Crippen molar-refractivity contribution in [3.8, 4) is 6.07 Å². The average Bonchev–Trinajstić information content (AvgIpc) is 2.52. The fraction of sp³-hybridized carbons (Fsp3) is 0.200. The van der Waals surface area contributed by atoms with Gasteiger partial charge in [-0.25, -0.2) is 0 Å². The number of non-ortho nitro benzene ring substituents is 1. The monoisotopic (exact) mass is 282 g/mol. The molecule has 0 amide bonds. The van der Waals surface area contributed by atoms with Crippen molar-refractivity contribution in [2.24, 2.45) is 0 Å². The number of nitro groups is 1. The molecule has 0 bridgehead atoms. The molecular weight excluding hydrogens is 268 g/mol. The Hall–Kier alpha value is -2.94. The number of nitrogens with zero attached hydrogens (tertiary/aromatic N) is 3. The van der Waals surface area contributed by atoms with Crippen LogP contribution in [0.2, 0.25) is 0 Å². The quantitative estimate of drug-likeness (QED) is 0.672. The van der Waals surface area contributed by atoms with Gasteiger partial charge >= 0.3 is 0 Å². The minimum Gasteiger partial charge on any atom is -0.378 e. The summed E-state index contributed by atoms with van der Waals surface area (Å²) < 4.78 is 0. The fourth-order valence-electron chi connectivity index (χ4n) is 2.02. The number of anilines is 1. The lowest BCUT2D eigenvalue weighted by Gasteiger charge is -2.10. The van der Waals surface area contributed by atoms with E-state index in [9.17, 15) is 10.1 Å². The van der Waals surface area contributed by atoms with Crippen LogP contribution in [0.1, 0.15) is 23.7 Å². The molecule has 0 saturated heterocycles. The van der Waals surface area contributed by atoms with E-state index in [1.54, 1.807) is 12.3 Å². The van der Waals surface area contributed by atoms with Crippen molar-refractivity contribution in [3.05, 3.63) is 63.5 Å². The highest BCUT2D eigenvalue weighted by molar-refractivity contribution is 5.61. The van der Waals surface area contributed by atoms with Crippen LogP contribution in [0.3, 0.4) is 0 Å². The highest BCUT2D eigenvalue weighted by Gasteiger charge is 2.11. The SMILES string of the molecule is CCc1cccnc1CNc1ccc([N+](=O)[O-])cc1C#N. The highest BCUT2D eigenvalue weighted by atomic mass is 16.6. The summed E-state index contributed by atoms with van der Waals surface area (Å²) in [6.07, 6.45) is 2.59. The summed E-state index contributed by atoms with van der Waals surface area (Å²) in [6, 6.07) is 10.0. The maximum absolute atomic E-state index is 10.7. The largest absolute Gasteiger partial charge is 0.378 e. The maximum atomic E-state index is 10.7. The van der Waals surface area contributed by atoms with Gasteiger partial charge in [-0.2, -0.15) is 5.26 Å². The van der Waals surface area contributed by atoms with Gasteiger partial charge in [-0.05, 0) is 24.1 Å². The van der Waals surface area contributed by atoms with Gasteiger partial charge < -0.3 is 5.32 Å². The molecule has 2 rings (SSSR count). The molecule has 0 unspecified atom stereocenters. The molecule has 0 spiro atoms. The van der Waals surface area contributed by atoms with Crippen molar-refractivity contribution in [1.29, 1.82) is 5.26 Å². The molecule has 0 aliphatic heterocycles. The van der Waals surface area contributed by atoms with Gasteiger partial charge in [0.25, 0.3) is 5.69 Å². The van der Waals surface area contributed by atoms with Crippen LogP contribution in [0.25, 0.3) is 0 Å². The van der Waals surface area contributed by atoms with Crippen LogP contribution in [-0.2, 0) is 13.0 Å². The number of aromatic nitrogens is 1. The molecule has 2 aromatic rings. The Labute approximate surface area is 122 Å². The molecule has 0 aliphatic carbocycles. The molecule has 1 aromatic carbocycles. The summed E-state index contributed by atoms with van der Waals surface area (Å²) in [7, 11) is 0. The zero-order chi connectivity index (χ0) is 15.2. The standard InChI is InChI=1S/C15H14N4O2/c1-2-11-4-3-7-17-15(11)10-18-14-6-5-13(19(20)21)8-12(14)9-16/h3-8,18H,2,10H2,1H3. The Morgan fingerprint density at radius 2 is 2.24 bits per heavy atom. The minimum atomic E-state index is -0.515. The second-order valence-corrected chi connectivity index (χ2v) is 4.42. The Balaban J connectivity index is 2.20. The number of hydrogen-bond donors (Lipinski definition) is 1. The van der Waals surface area contributed by atoms with Gasteiger partial charge in [-0.1, -0.05) is 13.0 Å². The van der Waals surface area contributed by atoms with Gasteiger partial charge in [0, 0.05) is 18.3 Å². The smallest absolute Gasteiger partial charge is 0.270 e. The first-order valence-corrected chi connectivity index (χ1v) is 6.51. The van der Waals surface area contributed by atoms with Crippen molar-refractivity contribution in [2.45, 2.75) is 19.9 Å². The van der Waals surface area contributed by atoms with Crippen molar-refractivity contribution < 1.29 is 4.92 Å². The van der Waals surface area contributed by atoms with Crippen LogP contribution in [0.5, 0.6) is 0 Å². The van der Waals surface area contributed by atoms with Gasteiger partial charge in [0.15, 0.2) is 0 Å². The van der Waals surface area contributed by atoms with Gasteiger partial charge in [0.05, 0.1) is 28.4 Å². The van der Waals surface area contributed by atoms with Gasteiger partial charge in [-0.3, -0.25) is 15.1 Å². The molecule has 0 atom stereocenters. The Morgan fingerprint density at radius 3 is 2.90 bits per heavy atom. The minimum absolute atomic E-state index is 0.0933. The summed E-state index contributed by atoms with van der Waals surface area (Å²) in [5, 5.41) is 22.9. The molecule has 0 fully saturated rings. The van der Waals surface area contributed by atoms with Crippen LogP contribution < -0.4 is 5.32 Å². The third kappa shape index (κ3) is 3.34. The Kier molecular flexibility index (Phi) is 4.46. The van der Waals surface area contributed by atoms with Crippen LogP contribution in [0.15, 0.2) is 36.5 Å². The van der Waals surface area contributed by atoms with Crippen molar-refractivity contribution in [3.63, 3.8) is 0 Å². The predicted molar refractivity (Wildman–Crippen MR) is 78.8 cm³/mol. The third-order valence-corrected chi connectivity index (χ3v) is 3.15. The normalized spacial score (nSPS) is 9.90. The van der Waals surface area contributed by atoms with Gasteiger partial charge in [0.2, 0.25) is 0 Å². The maximum Gasteiger partial charge on any atom is 0.270 e. The predicted octanol–water partition coefficient (Wildman–Crippen LogP) is 3.04. The number of aryl methyl sites for hydroxylation is 1. The Morgan fingerprint density at radius 1 is 1.43 bits per heavy atom. The molecule has 0 radical (unpaired) electrons. The number of hydrogen-bond acceptors (Lipinski definition) is 5. The van der Waals surface area contributed by atoms with Gasteiger partial charge in [-0.15, -0.1) is 0 Å². The second kappa shape index (κ2) is 6.48. The average molecular weight is 282 g/mol. The molecule has 0 aliphatic rings. The first kappa shape index (κ1) is 14.5. The van der Waals surface area contributed by atoms with E-state index in [0.29, 0.717) is 12.2 Å². The van der Waals surface area contributed by atoms with Gasteiger partial charge in [0.1, 0.15) is 6.07 Å². The number of nitriles is 1. The molecular formula is C15H14N4O2. The topological polar surface area (TPSA) is 91.8 Å². The van der Waals surface area contributed by atoms with E-state index in [4.69, 9.17) is 5.26 Å². The van der Waals surface area contributed by atoms with Crippen LogP contribution in [0, 0.1) is 21.4 Å². The number of benzene rings is 1. The lowest BCUT2D eigenvalue weighted by Crippen LogP contribution is -2.06. The molecule has 6 heteroatoms.